The summed E-state index contributed by atoms with van der Waals surface area (Å²) < 4.78 is 3.89. The van der Waals surface area contributed by atoms with Crippen LogP contribution in [0.3, 0.4) is 0 Å². The SMILES string of the molecule is Cn1c(-c2ccc(Cl)cc2)cn2cc(-c3cccc([N+](=O)[O-])c3)nc12. The normalized spacial score (nSPS) is 11.1. The molecule has 0 saturated heterocycles. The van der Waals surface area contributed by atoms with Gasteiger partial charge in [0.25, 0.3) is 5.69 Å². The van der Waals surface area contributed by atoms with E-state index in [1.165, 1.54) is 12.1 Å². The van der Waals surface area contributed by atoms with Gasteiger partial charge in [0.1, 0.15) is 0 Å². The maximum Gasteiger partial charge on any atom is 0.270 e. The first-order valence-electron chi connectivity index (χ1n) is 7.58. The highest BCUT2D eigenvalue weighted by atomic mass is 35.5. The molecule has 124 valence electrons. The van der Waals surface area contributed by atoms with Crippen molar-refractivity contribution in [1.29, 1.82) is 0 Å². The number of hydrogen-bond donors (Lipinski definition) is 0. The molecule has 0 aliphatic heterocycles. The number of nitro benzene ring substituents is 1. The van der Waals surface area contributed by atoms with E-state index in [-0.39, 0.29) is 5.69 Å². The fraction of sp³-hybridized carbons (Fsp3) is 0.0556. The zero-order valence-corrected chi connectivity index (χ0v) is 14.0. The standard InChI is InChI=1S/C18H13ClN4O2/c1-21-17(12-5-7-14(19)8-6-12)11-22-10-16(20-18(21)22)13-3-2-4-15(9-13)23(24)25/h2-11H,1H3. The van der Waals surface area contributed by atoms with E-state index in [2.05, 4.69) is 4.98 Å². The largest absolute Gasteiger partial charge is 0.313 e. The van der Waals surface area contributed by atoms with Crippen LogP contribution in [0.2, 0.25) is 5.02 Å². The first-order chi connectivity index (χ1) is 12.0. The van der Waals surface area contributed by atoms with Crippen molar-refractivity contribution in [3.63, 3.8) is 0 Å². The second kappa shape index (κ2) is 5.75. The van der Waals surface area contributed by atoms with Crippen LogP contribution in [0.1, 0.15) is 0 Å². The van der Waals surface area contributed by atoms with Crippen molar-refractivity contribution in [2.75, 3.05) is 0 Å². The van der Waals surface area contributed by atoms with Gasteiger partial charge in [-0.25, -0.2) is 4.98 Å². The van der Waals surface area contributed by atoms with Gasteiger partial charge in [-0.1, -0.05) is 35.9 Å². The summed E-state index contributed by atoms with van der Waals surface area (Å²) in [5.74, 6) is 0.756. The van der Waals surface area contributed by atoms with Crippen molar-refractivity contribution >= 4 is 23.1 Å². The Morgan fingerprint density at radius 2 is 1.84 bits per heavy atom. The highest BCUT2D eigenvalue weighted by Crippen LogP contribution is 2.27. The van der Waals surface area contributed by atoms with Crippen molar-refractivity contribution < 1.29 is 4.92 Å². The monoisotopic (exact) mass is 352 g/mol. The number of fused-ring (bicyclic) bond motifs is 1. The van der Waals surface area contributed by atoms with Crippen LogP contribution < -0.4 is 0 Å². The van der Waals surface area contributed by atoms with Crippen LogP contribution in [0.15, 0.2) is 60.9 Å². The van der Waals surface area contributed by atoms with Crippen LogP contribution in [0.4, 0.5) is 5.69 Å². The van der Waals surface area contributed by atoms with Crippen LogP contribution in [-0.2, 0) is 7.05 Å². The quantitative estimate of drug-likeness (QED) is 0.400. The molecule has 0 unspecified atom stereocenters. The second-order valence-electron chi connectivity index (χ2n) is 5.72. The number of non-ortho nitro benzene ring substituents is 1. The summed E-state index contributed by atoms with van der Waals surface area (Å²) in [4.78, 5) is 15.2. The summed E-state index contributed by atoms with van der Waals surface area (Å²) in [5.41, 5.74) is 3.50. The third-order valence-corrected chi connectivity index (χ3v) is 4.38. The summed E-state index contributed by atoms with van der Waals surface area (Å²) in [5, 5.41) is 11.6. The summed E-state index contributed by atoms with van der Waals surface area (Å²) in [6.07, 6.45) is 3.85. The third kappa shape index (κ3) is 2.66. The third-order valence-electron chi connectivity index (χ3n) is 4.13. The van der Waals surface area contributed by atoms with Crippen molar-refractivity contribution in [3.05, 3.63) is 76.1 Å². The number of imidazole rings is 2. The van der Waals surface area contributed by atoms with Crippen molar-refractivity contribution in [1.82, 2.24) is 14.0 Å². The molecule has 0 amide bonds. The van der Waals surface area contributed by atoms with Gasteiger partial charge < -0.3 is 4.57 Å². The van der Waals surface area contributed by atoms with Crippen molar-refractivity contribution in [3.8, 4) is 22.5 Å². The Kier molecular flexibility index (Phi) is 3.54. The molecule has 6 nitrogen and oxygen atoms in total. The zero-order valence-electron chi connectivity index (χ0n) is 13.3. The van der Waals surface area contributed by atoms with Crippen molar-refractivity contribution in [2.45, 2.75) is 0 Å². The van der Waals surface area contributed by atoms with Crippen LogP contribution in [-0.4, -0.2) is 18.9 Å². The van der Waals surface area contributed by atoms with Gasteiger partial charge in [-0.3, -0.25) is 14.5 Å². The van der Waals surface area contributed by atoms with Crippen LogP contribution in [0.25, 0.3) is 28.3 Å². The molecule has 0 N–H and O–H groups in total. The maximum atomic E-state index is 11.0. The van der Waals surface area contributed by atoms with Gasteiger partial charge in [-0.2, -0.15) is 0 Å². The smallest absolute Gasteiger partial charge is 0.270 e. The number of hydrogen-bond acceptors (Lipinski definition) is 3. The van der Waals surface area contributed by atoms with Gasteiger partial charge in [0, 0.05) is 42.2 Å². The summed E-state index contributed by atoms with van der Waals surface area (Å²) in [7, 11) is 1.93. The second-order valence-corrected chi connectivity index (χ2v) is 6.16. The molecule has 0 aliphatic carbocycles. The van der Waals surface area contributed by atoms with E-state index in [9.17, 15) is 10.1 Å². The van der Waals surface area contributed by atoms with Gasteiger partial charge >= 0.3 is 0 Å². The van der Waals surface area contributed by atoms with E-state index < -0.39 is 4.92 Å². The number of benzene rings is 2. The Hall–Kier alpha value is -3.12. The molecule has 0 bridgehead atoms. The molecule has 0 fully saturated rings. The summed E-state index contributed by atoms with van der Waals surface area (Å²) in [6.45, 7) is 0. The molecule has 0 atom stereocenters. The molecular weight excluding hydrogens is 340 g/mol. The first-order valence-corrected chi connectivity index (χ1v) is 7.96. The average Bonchev–Trinajstić information content (AvgIpc) is 3.16. The first kappa shape index (κ1) is 15.4. The van der Waals surface area contributed by atoms with Crippen LogP contribution in [0.5, 0.6) is 0 Å². The minimum atomic E-state index is -0.405. The Bertz CT molecular complexity index is 1100. The highest BCUT2D eigenvalue weighted by Gasteiger charge is 2.14. The molecule has 2 aromatic carbocycles. The fourth-order valence-electron chi connectivity index (χ4n) is 2.86. The maximum absolute atomic E-state index is 11.0. The molecule has 0 saturated carbocycles. The summed E-state index contributed by atoms with van der Waals surface area (Å²) in [6, 6.07) is 14.1. The molecular formula is C18H13ClN4O2. The van der Waals surface area contributed by atoms with E-state index in [4.69, 9.17) is 11.6 Å². The van der Waals surface area contributed by atoms with E-state index in [0.717, 1.165) is 17.0 Å². The molecule has 0 radical (unpaired) electrons. The number of nitrogens with zero attached hydrogens (tertiary/aromatic N) is 4. The van der Waals surface area contributed by atoms with E-state index in [1.807, 2.05) is 58.7 Å². The lowest BCUT2D eigenvalue weighted by Crippen LogP contribution is -1.93. The number of rotatable bonds is 3. The molecule has 0 spiro atoms. The van der Waals surface area contributed by atoms with Gasteiger partial charge in [0.05, 0.1) is 16.3 Å². The number of aromatic nitrogens is 3. The number of halogens is 1. The van der Waals surface area contributed by atoms with Gasteiger partial charge in [-0.15, -0.1) is 0 Å². The van der Waals surface area contributed by atoms with Crippen LogP contribution in [0, 0.1) is 10.1 Å². The molecule has 7 heteroatoms. The van der Waals surface area contributed by atoms with Gasteiger partial charge in [-0.05, 0) is 17.7 Å². The topological polar surface area (TPSA) is 65.4 Å². The number of aryl methyl sites for hydroxylation is 1. The molecule has 4 aromatic rings. The zero-order chi connectivity index (χ0) is 17.6. The highest BCUT2D eigenvalue weighted by molar-refractivity contribution is 6.30. The Morgan fingerprint density at radius 3 is 2.52 bits per heavy atom. The lowest BCUT2D eigenvalue weighted by Gasteiger charge is -2.03. The number of nitro groups is 1. The van der Waals surface area contributed by atoms with E-state index >= 15 is 0 Å². The summed E-state index contributed by atoms with van der Waals surface area (Å²) >= 11 is 5.95. The minimum absolute atomic E-state index is 0.0522. The van der Waals surface area contributed by atoms with Gasteiger partial charge in [0.15, 0.2) is 0 Å². The Labute approximate surface area is 148 Å². The molecule has 4 rings (SSSR count). The molecule has 2 heterocycles. The molecule has 2 aromatic heterocycles. The van der Waals surface area contributed by atoms with Crippen LogP contribution >= 0.6 is 11.6 Å². The lowest BCUT2D eigenvalue weighted by atomic mass is 10.1. The van der Waals surface area contributed by atoms with E-state index in [1.54, 1.807) is 6.07 Å². The lowest BCUT2D eigenvalue weighted by molar-refractivity contribution is -0.384. The van der Waals surface area contributed by atoms with Crippen molar-refractivity contribution in [2.24, 2.45) is 7.05 Å². The minimum Gasteiger partial charge on any atom is -0.313 e. The molecule has 0 aliphatic rings. The predicted octanol–water partition coefficient (Wildman–Crippen LogP) is 4.57. The van der Waals surface area contributed by atoms with Gasteiger partial charge in [0.2, 0.25) is 5.78 Å². The molecule has 25 heavy (non-hydrogen) atoms. The Morgan fingerprint density at radius 1 is 1.08 bits per heavy atom. The Balaban J connectivity index is 1.79. The fourth-order valence-corrected chi connectivity index (χ4v) is 2.99. The predicted molar refractivity (Wildman–Crippen MR) is 96.7 cm³/mol. The van der Waals surface area contributed by atoms with E-state index in [0.29, 0.717) is 16.3 Å². The average molecular weight is 353 g/mol.